The number of carbonyl (C=O) groups excluding carboxylic acids is 1. The number of aliphatic hydroxyl groups excluding tert-OH is 1. The number of hydrogen-bond acceptors (Lipinski definition) is 4. The number of allylic oxidation sites excluding steroid dienone is 2. The molecular weight excluding hydrogens is 841 g/mol. The Balaban J connectivity index is 0.000000552. The molecule has 56 heavy (non-hydrogen) atoms. The SMILES string of the molecule is C1=Cc2nc1c(-c1ccccc1)c1ccc([n-]1)c(-c1ccccc1)c1nc(c(-c3ccccc3)c3ccc([n-]3)c2-c2ccccc2)C=C1.CC(=O)/C=C(/C)O.[Ho]. The summed E-state index contributed by atoms with van der Waals surface area (Å²) < 4.78 is 0. The van der Waals surface area contributed by atoms with Gasteiger partial charge in [0.1, 0.15) is 0 Å². The van der Waals surface area contributed by atoms with Crippen LogP contribution in [-0.2, 0) is 4.79 Å². The van der Waals surface area contributed by atoms with Crippen molar-refractivity contribution in [3.63, 3.8) is 0 Å². The Labute approximate surface area is 355 Å². The molecule has 2 aliphatic heterocycles. The number of benzene rings is 4. The van der Waals surface area contributed by atoms with Crippen LogP contribution < -0.4 is 9.97 Å². The van der Waals surface area contributed by atoms with E-state index in [1.807, 2.05) is 24.3 Å². The number of fused-ring (bicyclic) bond motifs is 8. The topological polar surface area (TPSA) is 91.3 Å². The number of hydrogen-bond donors (Lipinski definition) is 1. The zero-order valence-corrected chi connectivity index (χ0v) is 32.6. The van der Waals surface area contributed by atoms with Crippen molar-refractivity contribution in [2.75, 3.05) is 0 Å². The van der Waals surface area contributed by atoms with E-state index in [2.05, 4.69) is 146 Å². The molecule has 0 aliphatic carbocycles. The van der Waals surface area contributed by atoms with Crippen molar-refractivity contribution in [2.24, 2.45) is 0 Å². The summed E-state index contributed by atoms with van der Waals surface area (Å²) in [5.74, 6) is -0.0625. The number of aliphatic hydroxyl groups is 1. The average Bonchev–Trinajstić information content (AvgIpc) is 4.04. The van der Waals surface area contributed by atoms with E-state index in [1.165, 1.54) is 19.9 Å². The Morgan fingerprint density at radius 2 is 0.696 bits per heavy atom. The Bertz CT molecular complexity index is 2430. The maximum Gasteiger partial charge on any atom is 0.155 e. The van der Waals surface area contributed by atoms with Crippen LogP contribution in [0.15, 0.2) is 157 Å². The molecule has 0 spiro atoms. The van der Waals surface area contributed by atoms with Crippen LogP contribution in [0.3, 0.4) is 0 Å². The molecule has 2 aliphatic rings. The average molecular weight is 878 g/mol. The minimum Gasteiger partial charge on any atom is -0.657 e. The van der Waals surface area contributed by atoms with Gasteiger partial charge in [0.05, 0.1) is 28.5 Å². The van der Waals surface area contributed by atoms with E-state index in [0.717, 1.165) is 89.4 Å². The molecule has 277 valence electrons. The minimum absolute atomic E-state index is 0. The summed E-state index contributed by atoms with van der Waals surface area (Å²) >= 11 is 0. The third-order valence-corrected chi connectivity index (χ3v) is 9.27. The Morgan fingerprint density at radius 1 is 0.446 bits per heavy atom. The Morgan fingerprint density at radius 3 is 0.893 bits per heavy atom. The molecule has 7 heteroatoms. The van der Waals surface area contributed by atoms with Crippen LogP contribution in [0.25, 0.3) is 90.9 Å². The monoisotopic (exact) mass is 877 g/mol. The van der Waals surface area contributed by atoms with Gasteiger partial charge in [-0.2, -0.15) is 0 Å². The van der Waals surface area contributed by atoms with Crippen molar-refractivity contribution in [1.29, 1.82) is 0 Å². The summed E-state index contributed by atoms with van der Waals surface area (Å²) in [6.45, 7) is 2.85. The predicted molar refractivity (Wildman–Crippen MR) is 226 cm³/mol. The van der Waals surface area contributed by atoms with E-state index in [4.69, 9.17) is 25.0 Å². The Kier molecular flexibility index (Phi) is 11.7. The van der Waals surface area contributed by atoms with Gasteiger partial charge >= 0.3 is 0 Å². The molecule has 9 rings (SSSR count). The smallest absolute Gasteiger partial charge is 0.155 e. The van der Waals surface area contributed by atoms with Gasteiger partial charge < -0.3 is 15.1 Å². The first kappa shape index (κ1) is 38.2. The van der Waals surface area contributed by atoms with E-state index in [9.17, 15) is 4.79 Å². The van der Waals surface area contributed by atoms with Gasteiger partial charge in [-0.15, -0.1) is 22.1 Å². The third-order valence-electron chi connectivity index (χ3n) is 9.27. The van der Waals surface area contributed by atoms with Gasteiger partial charge in [-0.25, -0.2) is 9.97 Å². The molecule has 0 amide bonds. The van der Waals surface area contributed by atoms with E-state index < -0.39 is 0 Å². The second-order valence-electron chi connectivity index (χ2n) is 13.2. The summed E-state index contributed by atoms with van der Waals surface area (Å²) in [6.07, 6.45) is 9.57. The molecule has 1 N–H and O–H groups in total. The number of nitrogens with zero attached hydrogens (tertiary/aromatic N) is 4. The molecule has 6 nitrogen and oxygen atoms in total. The van der Waals surface area contributed by atoms with Crippen molar-refractivity contribution in [2.45, 2.75) is 13.8 Å². The molecule has 3 aromatic heterocycles. The van der Waals surface area contributed by atoms with Gasteiger partial charge in [0.2, 0.25) is 0 Å². The van der Waals surface area contributed by atoms with Crippen LogP contribution in [0.5, 0.6) is 0 Å². The molecule has 0 saturated heterocycles. The van der Waals surface area contributed by atoms with Gasteiger partial charge in [0.25, 0.3) is 0 Å². The zero-order valence-electron chi connectivity index (χ0n) is 30.7. The van der Waals surface area contributed by atoms with Crippen LogP contribution in [0.4, 0.5) is 0 Å². The van der Waals surface area contributed by atoms with Crippen molar-refractivity contribution < 1.29 is 47.6 Å². The molecule has 1 radical (unpaired) electrons. The van der Waals surface area contributed by atoms with Gasteiger partial charge in [-0.3, -0.25) is 4.79 Å². The van der Waals surface area contributed by atoms with E-state index in [1.54, 1.807) is 0 Å². The summed E-state index contributed by atoms with van der Waals surface area (Å²) in [7, 11) is 0. The second kappa shape index (κ2) is 17.2. The molecule has 8 bridgehead atoms. The summed E-state index contributed by atoms with van der Waals surface area (Å²) in [4.78, 5) is 31.3. The van der Waals surface area contributed by atoms with Gasteiger partial charge in [-0.05, 0) is 82.7 Å². The maximum atomic E-state index is 10.0. The molecule has 0 atom stereocenters. The molecular formula is C49H36HoN4O2-2. The summed E-state index contributed by atoms with van der Waals surface area (Å²) in [6, 6.07) is 50.0. The van der Waals surface area contributed by atoms with Crippen LogP contribution >= 0.6 is 0 Å². The van der Waals surface area contributed by atoms with Gasteiger partial charge in [0.15, 0.2) is 5.78 Å². The number of carbonyl (C=O) groups is 1. The third kappa shape index (κ3) is 8.14. The largest absolute Gasteiger partial charge is 0.657 e. The molecule has 4 aromatic carbocycles. The summed E-state index contributed by atoms with van der Waals surface area (Å²) in [5.41, 5.74) is 15.0. The van der Waals surface area contributed by atoms with Crippen LogP contribution in [-0.4, -0.2) is 20.9 Å². The van der Waals surface area contributed by atoms with Crippen molar-refractivity contribution in [3.05, 3.63) is 180 Å². The van der Waals surface area contributed by atoms with Gasteiger partial charge in [0, 0.05) is 43.8 Å². The zero-order chi connectivity index (χ0) is 37.7. The number of rotatable bonds is 5. The quantitative estimate of drug-likeness (QED) is 0.105. The molecule has 7 aromatic rings. The standard InChI is InChI=1S/C44H28N4.C5H8O2.Ho/c1-5-13-29(14-6-1)41-33-21-23-35(45-33)42(30-15-7-2-8-16-30)37-25-27-39(47-37)44(32-19-11-4-12-20-32)40-28-26-38(48-40)43(31-17-9-3-10-18-31)36-24-22-34(41)46-36;1-4(6)3-5(2)7;/h1-28H;3,6H,1-2H3;/q-2;;/b;4-3-;. The van der Waals surface area contributed by atoms with Crippen molar-refractivity contribution >= 4 is 52.2 Å². The molecule has 0 saturated carbocycles. The minimum atomic E-state index is -0.125. The first-order valence-electron chi connectivity index (χ1n) is 18.1. The fourth-order valence-corrected chi connectivity index (χ4v) is 6.98. The summed E-state index contributed by atoms with van der Waals surface area (Å²) in [5, 5.41) is 8.36. The fraction of sp³-hybridized carbons (Fsp3) is 0.0408. The number of aromatic nitrogens is 4. The van der Waals surface area contributed by atoms with Crippen LogP contribution in [0, 0.1) is 37.7 Å². The first-order valence-corrected chi connectivity index (χ1v) is 18.1. The first-order chi connectivity index (χ1) is 26.9. The Hall–Kier alpha value is -6.05. The van der Waals surface area contributed by atoms with Crippen molar-refractivity contribution in [3.8, 4) is 44.5 Å². The molecule has 5 heterocycles. The normalized spacial score (nSPS) is 11.7. The number of ketones is 1. The van der Waals surface area contributed by atoms with E-state index in [-0.39, 0.29) is 49.3 Å². The van der Waals surface area contributed by atoms with Crippen LogP contribution in [0.2, 0.25) is 0 Å². The maximum absolute atomic E-state index is 10.0. The van der Waals surface area contributed by atoms with Crippen LogP contribution in [0.1, 0.15) is 36.6 Å². The van der Waals surface area contributed by atoms with E-state index in [0.29, 0.717) is 0 Å². The second-order valence-corrected chi connectivity index (χ2v) is 13.2. The predicted octanol–water partition coefficient (Wildman–Crippen LogP) is 11.6. The van der Waals surface area contributed by atoms with Gasteiger partial charge in [-0.1, -0.05) is 146 Å². The van der Waals surface area contributed by atoms with Crippen molar-refractivity contribution in [1.82, 2.24) is 19.9 Å². The molecule has 0 fully saturated rings. The molecule has 0 unspecified atom stereocenters. The van der Waals surface area contributed by atoms with E-state index >= 15 is 0 Å². The fourth-order valence-electron chi connectivity index (χ4n) is 6.98.